The van der Waals surface area contributed by atoms with E-state index in [2.05, 4.69) is 5.90 Å². The third kappa shape index (κ3) is 29.3. The van der Waals surface area contributed by atoms with E-state index in [9.17, 15) is 4.79 Å². The van der Waals surface area contributed by atoms with Crippen molar-refractivity contribution in [3.63, 3.8) is 0 Å². The van der Waals surface area contributed by atoms with Gasteiger partial charge in [0.05, 0.1) is 12.5 Å². The standard InChI is InChI=1S/C7H11NO.H3NO.H2O4S/c1-7(2,3)6(9)4-5-8;1-2;1-5(2,3)4/h4H2,1-3H3;2H,1H2;(H2,1,2,3,4). The molecule has 0 unspecified atom stereocenters. The first kappa shape index (κ1) is 20.4. The summed E-state index contributed by atoms with van der Waals surface area (Å²) in [5, 5.41) is 14.6. The van der Waals surface area contributed by atoms with Crippen molar-refractivity contribution in [2.75, 3.05) is 0 Å². The SMILES string of the molecule is CC(C)(C)C(=O)CC#N.NO.O=S(=O)(O)O. The molecule has 0 bridgehead atoms. The average Bonchev–Trinajstić information content (AvgIpc) is 2.03. The Hall–Kier alpha value is -1.05. The molecular formula is C7H16N2O6S. The van der Waals surface area contributed by atoms with E-state index in [-0.39, 0.29) is 17.6 Å². The molecule has 0 aromatic heterocycles. The molecule has 0 aliphatic carbocycles. The van der Waals surface area contributed by atoms with E-state index in [4.69, 9.17) is 28.0 Å². The van der Waals surface area contributed by atoms with Gasteiger partial charge in [0.2, 0.25) is 0 Å². The molecule has 0 saturated carbocycles. The van der Waals surface area contributed by atoms with Crippen LogP contribution in [0.3, 0.4) is 0 Å². The normalized spacial score (nSPS) is 9.88. The van der Waals surface area contributed by atoms with Crippen molar-refractivity contribution in [1.82, 2.24) is 0 Å². The van der Waals surface area contributed by atoms with E-state index < -0.39 is 10.4 Å². The molecule has 0 aromatic carbocycles. The summed E-state index contributed by atoms with van der Waals surface area (Å²) < 4.78 is 31.6. The number of carbonyl (C=O) groups is 1. The van der Waals surface area contributed by atoms with Crippen LogP contribution in [0.4, 0.5) is 0 Å². The lowest BCUT2D eigenvalue weighted by molar-refractivity contribution is -0.125. The number of ketones is 1. The number of nitriles is 1. The van der Waals surface area contributed by atoms with Gasteiger partial charge in [-0.15, -0.1) is 0 Å². The summed E-state index contributed by atoms with van der Waals surface area (Å²) in [4.78, 5) is 10.8. The highest BCUT2D eigenvalue weighted by molar-refractivity contribution is 7.79. The zero-order valence-corrected chi connectivity index (χ0v) is 10.0. The van der Waals surface area contributed by atoms with Crippen LogP contribution in [0.5, 0.6) is 0 Å². The van der Waals surface area contributed by atoms with Crippen LogP contribution in [-0.4, -0.2) is 28.5 Å². The van der Waals surface area contributed by atoms with Crippen LogP contribution in [0, 0.1) is 16.7 Å². The van der Waals surface area contributed by atoms with Crippen LogP contribution in [0.25, 0.3) is 0 Å². The second-order valence-corrected chi connectivity index (χ2v) is 4.35. The molecule has 5 N–H and O–H groups in total. The van der Waals surface area contributed by atoms with E-state index in [1.807, 2.05) is 26.8 Å². The third-order valence-electron chi connectivity index (χ3n) is 1.08. The predicted molar refractivity (Wildman–Crippen MR) is 54.8 cm³/mol. The summed E-state index contributed by atoms with van der Waals surface area (Å²) >= 11 is 0. The lowest BCUT2D eigenvalue weighted by Crippen LogP contribution is -2.18. The lowest BCUT2D eigenvalue weighted by atomic mass is 9.89. The maximum absolute atomic E-state index is 10.8. The number of Topliss-reactive ketones (excluding diaryl/α,β-unsaturated/α-hetero) is 1. The van der Waals surface area contributed by atoms with E-state index in [0.29, 0.717) is 0 Å². The van der Waals surface area contributed by atoms with Gasteiger partial charge < -0.3 is 5.21 Å². The van der Waals surface area contributed by atoms with Crippen molar-refractivity contribution in [2.24, 2.45) is 11.3 Å². The first-order valence-electron chi connectivity index (χ1n) is 3.84. The summed E-state index contributed by atoms with van der Waals surface area (Å²) in [7, 11) is -4.67. The van der Waals surface area contributed by atoms with Gasteiger partial charge in [0.25, 0.3) is 0 Å². The maximum atomic E-state index is 10.8. The molecule has 96 valence electrons. The zero-order chi connectivity index (χ0) is 14.0. The first-order valence-corrected chi connectivity index (χ1v) is 5.24. The molecule has 0 atom stereocenters. The Labute approximate surface area is 94.2 Å². The molecule has 0 aliphatic rings. The molecule has 16 heavy (non-hydrogen) atoms. The molecule has 8 nitrogen and oxygen atoms in total. The van der Waals surface area contributed by atoms with E-state index in [1.54, 1.807) is 0 Å². The highest BCUT2D eigenvalue weighted by atomic mass is 32.3. The quantitative estimate of drug-likeness (QED) is 0.382. The Bertz CT molecular complexity index is 316. The van der Waals surface area contributed by atoms with Crippen LogP contribution in [0.2, 0.25) is 0 Å². The summed E-state index contributed by atoms with van der Waals surface area (Å²) in [5.41, 5.74) is -0.351. The molecule has 0 rings (SSSR count). The smallest absolute Gasteiger partial charge is 0.320 e. The van der Waals surface area contributed by atoms with Gasteiger partial charge in [-0.25, -0.2) is 5.90 Å². The second kappa shape index (κ2) is 9.20. The van der Waals surface area contributed by atoms with Gasteiger partial charge in [-0.05, 0) is 0 Å². The van der Waals surface area contributed by atoms with Crippen LogP contribution in [-0.2, 0) is 15.2 Å². The molecule has 0 radical (unpaired) electrons. The molecular weight excluding hydrogens is 240 g/mol. The fourth-order valence-electron chi connectivity index (χ4n) is 0.337. The van der Waals surface area contributed by atoms with Crippen LogP contribution in [0.15, 0.2) is 0 Å². The van der Waals surface area contributed by atoms with Crippen molar-refractivity contribution in [3.8, 4) is 6.07 Å². The Morgan fingerprint density at radius 2 is 1.56 bits per heavy atom. The average molecular weight is 256 g/mol. The molecule has 0 heterocycles. The number of carbonyl (C=O) groups excluding carboxylic acids is 1. The van der Waals surface area contributed by atoms with Crippen LogP contribution < -0.4 is 5.90 Å². The largest absolute Gasteiger partial charge is 0.394 e. The summed E-state index contributed by atoms with van der Waals surface area (Å²) in [6, 6.07) is 1.82. The monoisotopic (exact) mass is 256 g/mol. The van der Waals surface area contributed by atoms with Crippen molar-refractivity contribution < 1.29 is 27.5 Å². The van der Waals surface area contributed by atoms with Crippen molar-refractivity contribution in [2.45, 2.75) is 27.2 Å². The number of hydrogen-bond donors (Lipinski definition) is 4. The van der Waals surface area contributed by atoms with E-state index in [0.717, 1.165) is 0 Å². The minimum Gasteiger partial charge on any atom is -0.320 e. The highest BCUT2D eigenvalue weighted by Crippen LogP contribution is 2.15. The van der Waals surface area contributed by atoms with Gasteiger partial charge in [0.1, 0.15) is 0 Å². The maximum Gasteiger partial charge on any atom is 0.394 e. The topological polar surface area (TPSA) is 162 Å². The van der Waals surface area contributed by atoms with Gasteiger partial charge in [-0.2, -0.15) is 13.7 Å². The highest BCUT2D eigenvalue weighted by Gasteiger charge is 2.19. The van der Waals surface area contributed by atoms with E-state index in [1.165, 1.54) is 0 Å². The summed E-state index contributed by atoms with van der Waals surface area (Å²) in [6.45, 7) is 5.44. The third-order valence-corrected chi connectivity index (χ3v) is 1.08. The van der Waals surface area contributed by atoms with Crippen molar-refractivity contribution >= 4 is 16.2 Å². The number of nitrogens with zero attached hydrogens (tertiary/aromatic N) is 1. The van der Waals surface area contributed by atoms with E-state index >= 15 is 0 Å². The Morgan fingerprint density at radius 1 is 1.31 bits per heavy atom. The van der Waals surface area contributed by atoms with Crippen molar-refractivity contribution in [3.05, 3.63) is 0 Å². The summed E-state index contributed by atoms with van der Waals surface area (Å²) in [5.74, 6) is 3.50. The second-order valence-electron chi connectivity index (χ2n) is 3.46. The fourth-order valence-corrected chi connectivity index (χ4v) is 0.337. The number of rotatable bonds is 1. The lowest BCUT2D eigenvalue weighted by Gasteiger charge is -2.13. The Morgan fingerprint density at radius 3 is 1.62 bits per heavy atom. The zero-order valence-electron chi connectivity index (χ0n) is 9.21. The minimum absolute atomic E-state index is 0.00463. The molecule has 0 aromatic rings. The molecule has 0 saturated heterocycles. The van der Waals surface area contributed by atoms with Gasteiger partial charge in [0, 0.05) is 5.41 Å². The van der Waals surface area contributed by atoms with Crippen molar-refractivity contribution in [1.29, 1.82) is 5.26 Å². The molecule has 0 spiro atoms. The van der Waals surface area contributed by atoms with Gasteiger partial charge in [0.15, 0.2) is 5.78 Å². The number of nitrogens with two attached hydrogens (primary N) is 1. The Balaban J connectivity index is -0.000000205. The van der Waals surface area contributed by atoms with Gasteiger partial charge in [-0.3, -0.25) is 13.9 Å². The van der Waals surface area contributed by atoms with Gasteiger partial charge >= 0.3 is 10.4 Å². The fraction of sp³-hybridized carbons (Fsp3) is 0.714. The minimum atomic E-state index is -4.67. The molecule has 0 amide bonds. The predicted octanol–water partition coefficient (Wildman–Crippen LogP) is 0.197. The van der Waals surface area contributed by atoms with Crippen LogP contribution >= 0.6 is 0 Å². The molecule has 9 heteroatoms. The molecule has 0 fully saturated rings. The Kier molecular flexibility index (Phi) is 11.7. The molecule has 0 aliphatic heterocycles. The van der Waals surface area contributed by atoms with Gasteiger partial charge in [-0.1, -0.05) is 20.8 Å². The van der Waals surface area contributed by atoms with Crippen LogP contribution in [0.1, 0.15) is 27.2 Å². The summed E-state index contributed by atoms with van der Waals surface area (Å²) in [6.07, 6.45) is 0.0312. The first-order chi connectivity index (χ1) is 6.98. The number of hydrogen-bond acceptors (Lipinski definition) is 6.